The molecule has 25 heavy (non-hydrogen) atoms. The Morgan fingerprint density at radius 1 is 1.00 bits per heavy atom. The molecule has 0 radical (unpaired) electrons. The lowest BCUT2D eigenvalue weighted by Gasteiger charge is -2.27. The van der Waals surface area contributed by atoms with E-state index in [0.717, 1.165) is 33.6 Å². The number of amides is 1. The molecule has 1 amide bonds. The summed E-state index contributed by atoms with van der Waals surface area (Å²) in [7, 11) is 0. The second-order valence-corrected chi connectivity index (χ2v) is 7.63. The van der Waals surface area contributed by atoms with Crippen LogP contribution in [0.1, 0.15) is 27.3 Å². The molecule has 1 saturated heterocycles. The summed E-state index contributed by atoms with van der Waals surface area (Å²) in [6, 6.07) is 20.4. The van der Waals surface area contributed by atoms with Crippen molar-refractivity contribution in [1.82, 2.24) is 4.98 Å². The standard InChI is InChI=1S/C21H16N2OS/c1-13-6-4-7-14(12-13)23-20(24)19-16-9-3-2-8-15(16)18-17(21(23)25-19)10-5-11-22-18/h2-12,19,21H,1H3. The van der Waals surface area contributed by atoms with Gasteiger partial charge in [-0.2, -0.15) is 0 Å². The topological polar surface area (TPSA) is 33.2 Å². The van der Waals surface area contributed by atoms with E-state index in [1.54, 1.807) is 11.8 Å². The normalized spacial score (nSPS) is 20.8. The van der Waals surface area contributed by atoms with Gasteiger partial charge in [-0.05, 0) is 36.2 Å². The van der Waals surface area contributed by atoms with Gasteiger partial charge >= 0.3 is 0 Å². The molecule has 1 aromatic heterocycles. The molecule has 0 N–H and O–H groups in total. The van der Waals surface area contributed by atoms with Gasteiger partial charge in [0.15, 0.2) is 0 Å². The number of hydrogen-bond acceptors (Lipinski definition) is 3. The van der Waals surface area contributed by atoms with Crippen LogP contribution in [-0.4, -0.2) is 10.9 Å². The Kier molecular flexibility index (Phi) is 3.22. The zero-order valence-electron chi connectivity index (χ0n) is 13.7. The summed E-state index contributed by atoms with van der Waals surface area (Å²) in [5, 5.41) is -0.230. The van der Waals surface area contributed by atoms with Crippen LogP contribution in [0, 0.1) is 6.92 Å². The maximum absolute atomic E-state index is 13.3. The molecule has 3 aromatic rings. The number of aromatic nitrogens is 1. The Morgan fingerprint density at radius 3 is 2.72 bits per heavy atom. The van der Waals surface area contributed by atoms with Gasteiger partial charge in [0.2, 0.25) is 5.91 Å². The van der Waals surface area contributed by atoms with Crippen molar-refractivity contribution in [2.45, 2.75) is 17.5 Å². The zero-order valence-corrected chi connectivity index (χ0v) is 14.5. The molecule has 2 atom stereocenters. The van der Waals surface area contributed by atoms with E-state index in [1.165, 1.54) is 0 Å². The number of aryl methyl sites for hydroxylation is 1. The SMILES string of the molecule is Cc1cccc(N2C(=O)C3SC2c2cccnc2-c2ccccc23)c1. The molecule has 1 fully saturated rings. The third kappa shape index (κ3) is 2.14. The molecule has 122 valence electrons. The molecule has 0 saturated carbocycles. The molecule has 0 spiro atoms. The summed E-state index contributed by atoms with van der Waals surface area (Å²) in [6.07, 6.45) is 1.83. The van der Waals surface area contributed by atoms with Crippen LogP contribution in [0.4, 0.5) is 5.69 Å². The molecular weight excluding hydrogens is 328 g/mol. The van der Waals surface area contributed by atoms with E-state index < -0.39 is 0 Å². The van der Waals surface area contributed by atoms with Crippen LogP contribution in [0.3, 0.4) is 0 Å². The Balaban J connectivity index is 1.76. The first-order valence-corrected chi connectivity index (χ1v) is 9.28. The van der Waals surface area contributed by atoms with Gasteiger partial charge in [-0.25, -0.2) is 0 Å². The molecular formula is C21H16N2OS. The number of anilines is 1. The molecule has 3 heterocycles. The van der Waals surface area contributed by atoms with Gasteiger partial charge in [0.1, 0.15) is 10.6 Å². The van der Waals surface area contributed by atoms with E-state index >= 15 is 0 Å². The number of rotatable bonds is 1. The van der Waals surface area contributed by atoms with Crippen molar-refractivity contribution in [1.29, 1.82) is 0 Å². The third-order valence-corrected chi connectivity index (χ3v) is 6.29. The Hall–Kier alpha value is -2.59. The average molecular weight is 344 g/mol. The minimum absolute atomic E-state index is 0.0459. The molecule has 2 aromatic carbocycles. The Morgan fingerprint density at radius 2 is 1.84 bits per heavy atom. The van der Waals surface area contributed by atoms with Crippen LogP contribution in [-0.2, 0) is 4.79 Å². The lowest BCUT2D eigenvalue weighted by atomic mass is 9.95. The summed E-state index contributed by atoms with van der Waals surface area (Å²) in [5.74, 6) is 0.155. The van der Waals surface area contributed by atoms with E-state index in [9.17, 15) is 4.79 Å². The summed E-state index contributed by atoms with van der Waals surface area (Å²) in [5.41, 5.74) is 6.35. The van der Waals surface area contributed by atoms with Crippen LogP contribution in [0.2, 0.25) is 0 Å². The fourth-order valence-corrected chi connectivity index (χ4v) is 5.26. The van der Waals surface area contributed by atoms with Gasteiger partial charge in [0.25, 0.3) is 0 Å². The van der Waals surface area contributed by atoms with Crippen molar-refractivity contribution in [2.24, 2.45) is 0 Å². The second kappa shape index (κ2) is 5.46. The van der Waals surface area contributed by atoms with Crippen molar-refractivity contribution in [3.8, 4) is 11.3 Å². The van der Waals surface area contributed by atoms with Gasteiger partial charge in [-0.15, -0.1) is 11.8 Å². The van der Waals surface area contributed by atoms with E-state index in [2.05, 4.69) is 42.2 Å². The number of fused-ring (bicyclic) bond motifs is 7. The van der Waals surface area contributed by atoms with Gasteiger partial charge in [0.05, 0.1) is 5.69 Å². The van der Waals surface area contributed by atoms with E-state index in [1.807, 2.05) is 41.4 Å². The van der Waals surface area contributed by atoms with Crippen molar-refractivity contribution in [3.05, 3.63) is 83.6 Å². The second-order valence-electron chi connectivity index (χ2n) is 6.44. The van der Waals surface area contributed by atoms with E-state index in [0.29, 0.717) is 0 Å². The Labute approximate surface area is 150 Å². The van der Waals surface area contributed by atoms with Crippen LogP contribution >= 0.6 is 11.8 Å². The lowest BCUT2D eigenvalue weighted by molar-refractivity contribution is -0.117. The van der Waals surface area contributed by atoms with E-state index in [4.69, 9.17) is 0 Å². The van der Waals surface area contributed by atoms with Crippen molar-refractivity contribution in [2.75, 3.05) is 4.90 Å². The van der Waals surface area contributed by atoms with Crippen LogP contribution in [0.15, 0.2) is 66.9 Å². The predicted octanol–water partition coefficient (Wildman–Crippen LogP) is 4.89. The quantitative estimate of drug-likeness (QED) is 0.630. The first-order valence-electron chi connectivity index (χ1n) is 8.33. The van der Waals surface area contributed by atoms with E-state index in [-0.39, 0.29) is 16.5 Å². The van der Waals surface area contributed by atoms with Crippen molar-refractivity contribution >= 4 is 23.4 Å². The van der Waals surface area contributed by atoms with Gasteiger partial charge in [-0.1, -0.05) is 42.5 Å². The largest absolute Gasteiger partial charge is 0.294 e. The molecule has 2 unspecified atom stereocenters. The average Bonchev–Trinajstić information content (AvgIpc) is 2.90. The maximum Gasteiger partial charge on any atom is 0.245 e. The minimum atomic E-state index is -0.184. The van der Waals surface area contributed by atoms with Crippen molar-refractivity contribution < 1.29 is 4.79 Å². The molecule has 2 aliphatic rings. The first-order chi connectivity index (χ1) is 12.2. The number of pyridine rings is 1. The highest BCUT2D eigenvalue weighted by Gasteiger charge is 2.46. The van der Waals surface area contributed by atoms with Gasteiger partial charge in [-0.3, -0.25) is 14.7 Å². The summed E-state index contributed by atoms with van der Waals surface area (Å²) in [4.78, 5) is 19.9. The molecule has 2 bridgehead atoms. The van der Waals surface area contributed by atoms with Crippen LogP contribution in [0.25, 0.3) is 11.3 Å². The summed E-state index contributed by atoms with van der Waals surface area (Å²) in [6.45, 7) is 2.06. The number of carbonyl (C=O) groups excluding carboxylic acids is 1. The highest BCUT2D eigenvalue weighted by molar-refractivity contribution is 8.01. The van der Waals surface area contributed by atoms with Crippen LogP contribution < -0.4 is 4.90 Å². The smallest absolute Gasteiger partial charge is 0.245 e. The van der Waals surface area contributed by atoms with Crippen LogP contribution in [0.5, 0.6) is 0 Å². The van der Waals surface area contributed by atoms with Gasteiger partial charge in [0, 0.05) is 23.0 Å². The highest BCUT2D eigenvalue weighted by atomic mass is 32.2. The fourth-order valence-electron chi connectivity index (χ4n) is 3.73. The number of carbonyl (C=O) groups is 1. The molecule has 5 rings (SSSR count). The fraction of sp³-hybridized carbons (Fsp3) is 0.143. The molecule has 3 nitrogen and oxygen atoms in total. The number of nitrogens with zero attached hydrogens (tertiary/aromatic N) is 2. The first kappa shape index (κ1) is 14.7. The maximum atomic E-state index is 13.3. The highest BCUT2D eigenvalue weighted by Crippen LogP contribution is 2.57. The molecule has 0 aliphatic carbocycles. The summed E-state index contributed by atoms with van der Waals surface area (Å²) >= 11 is 1.71. The van der Waals surface area contributed by atoms with Crippen molar-refractivity contribution in [3.63, 3.8) is 0 Å². The number of hydrogen-bond donors (Lipinski definition) is 0. The predicted molar refractivity (Wildman–Crippen MR) is 101 cm³/mol. The molecule has 4 heteroatoms. The monoisotopic (exact) mass is 344 g/mol. The third-order valence-electron chi connectivity index (χ3n) is 4.84. The lowest BCUT2D eigenvalue weighted by Crippen LogP contribution is -2.30. The Bertz CT molecular complexity index is 1000. The number of benzene rings is 2. The molecule has 2 aliphatic heterocycles. The van der Waals surface area contributed by atoms with Gasteiger partial charge < -0.3 is 0 Å². The zero-order chi connectivity index (χ0) is 17.0. The summed E-state index contributed by atoms with van der Waals surface area (Å²) < 4.78 is 0. The number of thioether (sulfide) groups is 1. The minimum Gasteiger partial charge on any atom is -0.294 e.